The van der Waals surface area contributed by atoms with E-state index in [1.165, 1.54) is 37.3 Å². The number of hydrogen-bond donors (Lipinski definition) is 3. The number of ether oxygens (including phenoxy) is 1. The molecular formula is C16H18N2O5S. The molecule has 0 radical (unpaired) electrons. The van der Waals surface area contributed by atoms with E-state index >= 15 is 0 Å². The highest BCUT2D eigenvalue weighted by atomic mass is 32.2. The number of rotatable bonds is 6. The Labute approximate surface area is 140 Å². The Morgan fingerprint density at radius 1 is 1.17 bits per heavy atom. The predicted molar refractivity (Wildman–Crippen MR) is 89.9 cm³/mol. The molecule has 0 heterocycles. The first-order chi connectivity index (χ1) is 11.3. The van der Waals surface area contributed by atoms with Crippen LogP contribution in [0, 0.1) is 0 Å². The van der Waals surface area contributed by atoms with Crippen LogP contribution in [-0.4, -0.2) is 30.9 Å². The van der Waals surface area contributed by atoms with Crippen LogP contribution in [0.25, 0.3) is 0 Å². The first kappa shape index (κ1) is 17.6. The van der Waals surface area contributed by atoms with Crippen molar-refractivity contribution >= 4 is 15.7 Å². The molecule has 0 spiro atoms. The third-order valence-corrected chi connectivity index (χ3v) is 4.37. The molecule has 7 nitrogen and oxygen atoms in total. The lowest BCUT2D eigenvalue weighted by atomic mass is 10.1. The van der Waals surface area contributed by atoms with Crippen LogP contribution in [0.2, 0.25) is 0 Å². The van der Waals surface area contributed by atoms with E-state index in [4.69, 9.17) is 4.74 Å². The van der Waals surface area contributed by atoms with Crippen molar-refractivity contribution in [2.75, 3.05) is 6.61 Å². The van der Waals surface area contributed by atoms with E-state index in [-0.39, 0.29) is 27.7 Å². The van der Waals surface area contributed by atoms with E-state index in [1.54, 1.807) is 12.1 Å². The Kier molecular flexibility index (Phi) is 5.30. The van der Waals surface area contributed by atoms with Crippen molar-refractivity contribution in [2.24, 2.45) is 5.10 Å². The summed E-state index contributed by atoms with van der Waals surface area (Å²) in [6.45, 7) is 3.83. The van der Waals surface area contributed by atoms with E-state index in [0.29, 0.717) is 12.4 Å². The summed E-state index contributed by atoms with van der Waals surface area (Å²) in [6.07, 6.45) is 0. The number of sulfonamides is 1. The van der Waals surface area contributed by atoms with Crippen molar-refractivity contribution in [1.82, 2.24) is 4.83 Å². The van der Waals surface area contributed by atoms with Crippen molar-refractivity contribution in [1.29, 1.82) is 0 Å². The van der Waals surface area contributed by atoms with Gasteiger partial charge in [-0.1, -0.05) is 0 Å². The smallest absolute Gasteiger partial charge is 0.276 e. The SMILES string of the molecule is CCOc1ccc(S(=O)(=O)NN=C(C)c2cc(O)ccc2O)cc1. The Hall–Kier alpha value is -2.74. The number of benzene rings is 2. The van der Waals surface area contributed by atoms with Gasteiger partial charge in [0, 0.05) is 5.56 Å². The van der Waals surface area contributed by atoms with E-state index < -0.39 is 10.0 Å². The fraction of sp³-hybridized carbons (Fsp3) is 0.188. The highest BCUT2D eigenvalue weighted by Crippen LogP contribution is 2.23. The molecular weight excluding hydrogens is 332 g/mol. The molecule has 0 saturated carbocycles. The minimum atomic E-state index is -3.86. The normalized spacial score (nSPS) is 12.0. The standard InChI is InChI=1S/C16H18N2O5S/c1-3-23-13-5-7-14(8-6-13)24(21,22)18-17-11(2)15-10-12(19)4-9-16(15)20/h4-10,18-20H,3H2,1-2H3. The quantitative estimate of drug-likeness (QED) is 0.420. The summed E-state index contributed by atoms with van der Waals surface area (Å²) in [6, 6.07) is 9.82. The average molecular weight is 350 g/mol. The molecule has 0 atom stereocenters. The monoisotopic (exact) mass is 350 g/mol. The van der Waals surface area contributed by atoms with Gasteiger partial charge in [0.05, 0.1) is 17.2 Å². The zero-order chi connectivity index (χ0) is 17.7. The van der Waals surface area contributed by atoms with Gasteiger partial charge in [-0.05, 0) is 56.3 Å². The van der Waals surface area contributed by atoms with Crippen LogP contribution in [0.4, 0.5) is 0 Å². The van der Waals surface area contributed by atoms with E-state index in [0.717, 1.165) is 0 Å². The summed E-state index contributed by atoms with van der Waals surface area (Å²) in [5, 5.41) is 23.0. The number of phenols is 2. The number of nitrogens with zero attached hydrogens (tertiary/aromatic N) is 1. The van der Waals surface area contributed by atoms with Gasteiger partial charge in [0.2, 0.25) is 0 Å². The van der Waals surface area contributed by atoms with Crippen LogP contribution < -0.4 is 9.57 Å². The van der Waals surface area contributed by atoms with Crippen molar-refractivity contribution in [3.8, 4) is 17.2 Å². The Morgan fingerprint density at radius 2 is 1.83 bits per heavy atom. The van der Waals surface area contributed by atoms with Crippen LogP contribution >= 0.6 is 0 Å². The fourth-order valence-corrected chi connectivity index (χ4v) is 2.79. The van der Waals surface area contributed by atoms with Gasteiger partial charge in [0.25, 0.3) is 10.0 Å². The van der Waals surface area contributed by atoms with Gasteiger partial charge in [-0.15, -0.1) is 0 Å². The second kappa shape index (κ2) is 7.22. The molecule has 0 aliphatic heterocycles. The Balaban J connectivity index is 2.20. The van der Waals surface area contributed by atoms with Crippen molar-refractivity contribution in [3.05, 3.63) is 48.0 Å². The van der Waals surface area contributed by atoms with Crippen LogP contribution in [-0.2, 0) is 10.0 Å². The average Bonchev–Trinajstić information content (AvgIpc) is 2.56. The Bertz CT molecular complexity index is 845. The third kappa shape index (κ3) is 4.17. The van der Waals surface area contributed by atoms with Crippen LogP contribution in [0.15, 0.2) is 52.5 Å². The lowest BCUT2D eigenvalue weighted by Crippen LogP contribution is -2.20. The molecule has 0 saturated heterocycles. The fourth-order valence-electron chi connectivity index (χ4n) is 1.94. The van der Waals surface area contributed by atoms with Gasteiger partial charge < -0.3 is 14.9 Å². The molecule has 8 heteroatoms. The number of aromatic hydroxyl groups is 2. The highest BCUT2D eigenvalue weighted by Gasteiger charge is 2.14. The zero-order valence-corrected chi connectivity index (χ0v) is 14.0. The minimum absolute atomic E-state index is 0.0302. The van der Waals surface area contributed by atoms with Gasteiger partial charge in [0.1, 0.15) is 17.2 Å². The van der Waals surface area contributed by atoms with Crippen LogP contribution in [0.3, 0.4) is 0 Å². The highest BCUT2D eigenvalue weighted by molar-refractivity contribution is 7.89. The van der Waals surface area contributed by atoms with Crippen molar-refractivity contribution in [3.63, 3.8) is 0 Å². The predicted octanol–water partition coefficient (Wildman–Crippen LogP) is 2.20. The van der Waals surface area contributed by atoms with Crippen molar-refractivity contribution < 1.29 is 23.4 Å². The molecule has 0 fully saturated rings. The summed E-state index contributed by atoms with van der Waals surface area (Å²) >= 11 is 0. The second-order valence-corrected chi connectivity index (χ2v) is 6.56. The molecule has 0 aliphatic rings. The van der Waals surface area contributed by atoms with E-state index in [1.807, 2.05) is 6.92 Å². The summed E-state index contributed by atoms with van der Waals surface area (Å²) in [4.78, 5) is 2.13. The zero-order valence-electron chi connectivity index (χ0n) is 13.2. The molecule has 24 heavy (non-hydrogen) atoms. The third-order valence-electron chi connectivity index (χ3n) is 3.15. The van der Waals surface area contributed by atoms with Gasteiger partial charge in [-0.3, -0.25) is 0 Å². The lowest BCUT2D eigenvalue weighted by Gasteiger charge is -2.08. The topological polar surface area (TPSA) is 108 Å². The van der Waals surface area contributed by atoms with Gasteiger partial charge in [0.15, 0.2) is 0 Å². The lowest BCUT2D eigenvalue weighted by molar-refractivity contribution is 0.340. The van der Waals surface area contributed by atoms with Crippen LogP contribution in [0.1, 0.15) is 19.4 Å². The summed E-state index contributed by atoms with van der Waals surface area (Å²) in [5.74, 6) is 0.391. The summed E-state index contributed by atoms with van der Waals surface area (Å²) < 4.78 is 29.7. The number of phenolic OH excluding ortho intramolecular Hbond substituents is 2. The first-order valence-electron chi connectivity index (χ1n) is 7.15. The van der Waals surface area contributed by atoms with Crippen LogP contribution in [0.5, 0.6) is 17.2 Å². The molecule has 2 aromatic rings. The van der Waals surface area contributed by atoms with Gasteiger partial charge in [-0.25, -0.2) is 0 Å². The van der Waals surface area contributed by atoms with E-state index in [2.05, 4.69) is 9.93 Å². The van der Waals surface area contributed by atoms with E-state index in [9.17, 15) is 18.6 Å². The largest absolute Gasteiger partial charge is 0.508 e. The number of nitrogens with one attached hydrogen (secondary N) is 1. The molecule has 2 rings (SSSR count). The summed E-state index contributed by atoms with van der Waals surface area (Å²) in [5.41, 5.74) is 0.433. The maximum Gasteiger partial charge on any atom is 0.276 e. The summed E-state index contributed by atoms with van der Waals surface area (Å²) in [7, 11) is -3.86. The Morgan fingerprint density at radius 3 is 2.46 bits per heavy atom. The molecule has 0 aliphatic carbocycles. The van der Waals surface area contributed by atoms with Gasteiger partial charge >= 0.3 is 0 Å². The number of hydrazone groups is 1. The maximum atomic E-state index is 12.2. The molecule has 0 bridgehead atoms. The minimum Gasteiger partial charge on any atom is -0.508 e. The van der Waals surface area contributed by atoms with Crippen molar-refractivity contribution in [2.45, 2.75) is 18.7 Å². The molecule has 3 N–H and O–H groups in total. The second-order valence-electron chi connectivity index (χ2n) is 4.90. The van der Waals surface area contributed by atoms with Gasteiger partial charge in [-0.2, -0.15) is 18.4 Å². The molecule has 2 aromatic carbocycles. The molecule has 128 valence electrons. The molecule has 0 aromatic heterocycles. The maximum absolute atomic E-state index is 12.2. The molecule has 0 unspecified atom stereocenters. The number of hydrogen-bond acceptors (Lipinski definition) is 6. The molecule has 0 amide bonds. The first-order valence-corrected chi connectivity index (χ1v) is 8.63.